The molecule has 2 aromatic carbocycles. The van der Waals surface area contributed by atoms with Crippen LogP contribution in [0, 0.1) is 5.92 Å². The SMILES string of the molecule is CCOC(=O)[C@@H]1CCCN(c2nc(-c3ccccc3)nc3nc(-c4ccccc4)oc23)C1. The standard InChI is InChI=1S/C25H24N4O3/c1-2-31-25(30)19-14-9-15-29(16-19)23-20-22(26-21(27-23)17-10-5-3-6-11-17)28-24(32-20)18-12-7-4-8-13-18/h3-8,10-13,19H,2,9,14-16H2,1H3/t19-/m1/s1. The molecule has 3 heterocycles. The van der Waals surface area contributed by atoms with Crippen molar-refractivity contribution in [3.8, 4) is 22.8 Å². The summed E-state index contributed by atoms with van der Waals surface area (Å²) in [6.45, 7) is 3.52. The van der Waals surface area contributed by atoms with Crippen LogP contribution in [0.2, 0.25) is 0 Å². The number of hydrogen-bond donors (Lipinski definition) is 0. The summed E-state index contributed by atoms with van der Waals surface area (Å²) in [5, 5.41) is 0. The molecule has 5 rings (SSSR count). The van der Waals surface area contributed by atoms with Crippen LogP contribution < -0.4 is 4.90 Å². The summed E-state index contributed by atoms with van der Waals surface area (Å²) in [6.07, 6.45) is 1.68. The zero-order chi connectivity index (χ0) is 21.9. The number of esters is 1. The number of hydrogen-bond acceptors (Lipinski definition) is 7. The van der Waals surface area contributed by atoms with Gasteiger partial charge >= 0.3 is 5.97 Å². The lowest BCUT2D eigenvalue weighted by molar-refractivity contribution is -0.148. The molecule has 1 saturated heterocycles. The fourth-order valence-electron chi connectivity index (χ4n) is 4.07. The van der Waals surface area contributed by atoms with Gasteiger partial charge in [-0.1, -0.05) is 48.5 Å². The molecule has 1 fully saturated rings. The molecule has 4 aromatic rings. The Morgan fingerprint density at radius 1 is 1.03 bits per heavy atom. The molecule has 0 aliphatic carbocycles. The average molecular weight is 428 g/mol. The molecular formula is C25H24N4O3. The normalized spacial score (nSPS) is 16.3. The predicted molar refractivity (Wildman–Crippen MR) is 122 cm³/mol. The number of ether oxygens (including phenoxy) is 1. The van der Waals surface area contributed by atoms with Gasteiger partial charge in [0.15, 0.2) is 11.6 Å². The number of piperidine rings is 1. The Bertz CT molecular complexity index is 1220. The van der Waals surface area contributed by atoms with Crippen LogP contribution in [0.25, 0.3) is 34.1 Å². The van der Waals surface area contributed by atoms with Crippen LogP contribution in [-0.2, 0) is 9.53 Å². The van der Waals surface area contributed by atoms with Gasteiger partial charge in [0, 0.05) is 24.2 Å². The predicted octanol–water partition coefficient (Wildman–Crippen LogP) is 4.73. The molecule has 0 saturated carbocycles. The molecule has 1 aliphatic heterocycles. The number of anilines is 1. The number of carbonyl (C=O) groups excluding carboxylic acids is 1. The monoisotopic (exact) mass is 428 g/mol. The van der Waals surface area contributed by atoms with Gasteiger partial charge in [-0.25, -0.2) is 9.97 Å². The Labute approximate surface area is 186 Å². The Kier molecular flexibility index (Phi) is 5.54. The van der Waals surface area contributed by atoms with Crippen molar-refractivity contribution in [3.05, 3.63) is 60.7 Å². The van der Waals surface area contributed by atoms with E-state index in [9.17, 15) is 4.79 Å². The van der Waals surface area contributed by atoms with Crippen LogP contribution in [0.3, 0.4) is 0 Å². The second-order valence-corrected chi connectivity index (χ2v) is 7.81. The highest BCUT2D eigenvalue weighted by atomic mass is 16.5. The Morgan fingerprint density at radius 3 is 2.47 bits per heavy atom. The molecule has 162 valence electrons. The molecule has 32 heavy (non-hydrogen) atoms. The van der Waals surface area contributed by atoms with E-state index in [0.717, 1.165) is 30.5 Å². The molecule has 0 N–H and O–H groups in total. The highest BCUT2D eigenvalue weighted by molar-refractivity contribution is 5.86. The quantitative estimate of drug-likeness (QED) is 0.425. The molecule has 0 bridgehead atoms. The van der Waals surface area contributed by atoms with E-state index in [1.807, 2.05) is 67.6 Å². The highest BCUT2D eigenvalue weighted by Gasteiger charge is 2.30. The van der Waals surface area contributed by atoms with Crippen molar-refractivity contribution < 1.29 is 13.9 Å². The summed E-state index contributed by atoms with van der Waals surface area (Å²) in [7, 11) is 0. The average Bonchev–Trinajstić information content (AvgIpc) is 3.29. The Morgan fingerprint density at radius 2 is 1.75 bits per heavy atom. The maximum Gasteiger partial charge on any atom is 0.310 e. The minimum absolute atomic E-state index is 0.159. The molecule has 0 unspecified atom stereocenters. The summed E-state index contributed by atoms with van der Waals surface area (Å²) in [5.74, 6) is 1.40. The summed E-state index contributed by atoms with van der Waals surface area (Å²) < 4.78 is 11.5. The van der Waals surface area contributed by atoms with Gasteiger partial charge in [-0.05, 0) is 31.9 Å². The van der Waals surface area contributed by atoms with Crippen molar-refractivity contribution in [1.82, 2.24) is 15.0 Å². The minimum Gasteiger partial charge on any atom is -0.466 e. The van der Waals surface area contributed by atoms with Gasteiger partial charge in [-0.15, -0.1) is 0 Å². The van der Waals surface area contributed by atoms with Crippen LogP contribution in [-0.4, -0.2) is 40.6 Å². The van der Waals surface area contributed by atoms with Crippen LogP contribution in [0.4, 0.5) is 5.82 Å². The van der Waals surface area contributed by atoms with Crippen molar-refractivity contribution in [1.29, 1.82) is 0 Å². The maximum atomic E-state index is 12.4. The molecule has 7 heteroatoms. The third-order valence-electron chi connectivity index (χ3n) is 5.63. The number of rotatable bonds is 5. The van der Waals surface area contributed by atoms with Gasteiger partial charge in [-0.2, -0.15) is 4.98 Å². The van der Waals surface area contributed by atoms with Crippen molar-refractivity contribution >= 4 is 23.0 Å². The zero-order valence-corrected chi connectivity index (χ0v) is 17.9. The van der Waals surface area contributed by atoms with E-state index in [-0.39, 0.29) is 11.9 Å². The van der Waals surface area contributed by atoms with Gasteiger partial charge in [0.05, 0.1) is 12.5 Å². The molecule has 0 radical (unpaired) electrons. The zero-order valence-electron chi connectivity index (χ0n) is 17.9. The van der Waals surface area contributed by atoms with Gasteiger partial charge in [-0.3, -0.25) is 4.79 Å². The number of benzene rings is 2. The van der Waals surface area contributed by atoms with Crippen LogP contribution in [0.1, 0.15) is 19.8 Å². The molecule has 2 aromatic heterocycles. The highest BCUT2D eigenvalue weighted by Crippen LogP contribution is 2.33. The van der Waals surface area contributed by atoms with Crippen LogP contribution >= 0.6 is 0 Å². The minimum atomic E-state index is -0.189. The van der Waals surface area contributed by atoms with E-state index < -0.39 is 0 Å². The second-order valence-electron chi connectivity index (χ2n) is 7.81. The maximum absolute atomic E-state index is 12.4. The molecule has 1 aliphatic rings. The van der Waals surface area contributed by atoms with Crippen molar-refractivity contribution in [2.75, 3.05) is 24.6 Å². The molecular weight excluding hydrogens is 404 g/mol. The van der Waals surface area contributed by atoms with E-state index in [1.54, 1.807) is 0 Å². The van der Waals surface area contributed by atoms with Gasteiger partial charge < -0.3 is 14.1 Å². The molecule has 0 amide bonds. The lowest BCUT2D eigenvalue weighted by Crippen LogP contribution is -2.40. The largest absolute Gasteiger partial charge is 0.466 e. The number of oxazole rings is 1. The van der Waals surface area contributed by atoms with Crippen molar-refractivity contribution in [3.63, 3.8) is 0 Å². The summed E-state index contributed by atoms with van der Waals surface area (Å²) in [4.78, 5) is 28.7. The first-order valence-corrected chi connectivity index (χ1v) is 10.9. The van der Waals surface area contributed by atoms with E-state index in [4.69, 9.17) is 19.1 Å². The number of fused-ring (bicyclic) bond motifs is 1. The summed E-state index contributed by atoms with van der Waals surface area (Å²) in [5.41, 5.74) is 2.82. The van der Waals surface area contributed by atoms with Gasteiger partial charge in [0.2, 0.25) is 17.1 Å². The third kappa shape index (κ3) is 3.93. The van der Waals surface area contributed by atoms with E-state index in [1.165, 1.54) is 0 Å². The number of carbonyl (C=O) groups is 1. The summed E-state index contributed by atoms with van der Waals surface area (Å²) in [6, 6.07) is 19.6. The lowest BCUT2D eigenvalue weighted by Gasteiger charge is -2.32. The Balaban J connectivity index is 1.61. The first kappa shape index (κ1) is 20.2. The Hall–Kier alpha value is -3.74. The smallest absolute Gasteiger partial charge is 0.310 e. The lowest BCUT2D eigenvalue weighted by atomic mass is 9.98. The van der Waals surface area contributed by atoms with E-state index in [0.29, 0.717) is 41.9 Å². The van der Waals surface area contributed by atoms with Crippen LogP contribution in [0.5, 0.6) is 0 Å². The van der Waals surface area contributed by atoms with Gasteiger partial charge in [0.1, 0.15) is 0 Å². The molecule has 7 nitrogen and oxygen atoms in total. The van der Waals surface area contributed by atoms with Crippen molar-refractivity contribution in [2.24, 2.45) is 5.92 Å². The topological polar surface area (TPSA) is 81.4 Å². The fourth-order valence-corrected chi connectivity index (χ4v) is 4.07. The fraction of sp³-hybridized carbons (Fsp3) is 0.280. The van der Waals surface area contributed by atoms with E-state index >= 15 is 0 Å². The van der Waals surface area contributed by atoms with Crippen molar-refractivity contribution in [2.45, 2.75) is 19.8 Å². The van der Waals surface area contributed by atoms with E-state index in [2.05, 4.69) is 9.88 Å². The first-order valence-electron chi connectivity index (χ1n) is 10.9. The first-order chi connectivity index (χ1) is 15.7. The molecule has 1 atom stereocenters. The molecule has 0 spiro atoms. The second kappa shape index (κ2) is 8.78. The van der Waals surface area contributed by atoms with Gasteiger partial charge in [0.25, 0.3) is 0 Å². The third-order valence-corrected chi connectivity index (χ3v) is 5.63. The number of aromatic nitrogens is 3. The summed E-state index contributed by atoms with van der Waals surface area (Å²) >= 11 is 0. The van der Waals surface area contributed by atoms with Crippen LogP contribution in [0.15, 0.2) is 65.1 Å². The number of nitrogens with zero attached hydrogens (tertiary/aromatic N) is 4.